The van der Waals surface area contributed by atoms with Crippen LogP contribution in [0.5, 0.6) is 17.2 Å². The minimum atomic E-state index is -0.544. The standard InChI is InChI=1S/C26H24N2O6/c1-15-24(26(30)32-3)20(10-16-4-7-22-23(11-16)34-14-33-22)25(29)28(15)9-8-17-13-27-21-6-5-18(31-2)12-19(17)21/h4-7,10-13,27H,8-9,14H2,1-3H3/b20-10-. The molecule has 2 aliphatic heterocycles. The van der Waals surface area contributed by atoms with E-state index in [4.69, 9.17) is 18.9 Å². The number of allylic oxidation sites excluding steroid dienone is 1. The van der Waals surface area contributed by atoms with Gasteiger partial charge >= 0.3 is 5.97 Å². The fourth-order valence-electron chi connectivity index (χ4n) is 4.39. The van der Waals surface area contributed by atoms with Crippen molar-refractivity contribution in [1.82, 2.24) is 9.88 Å². The molecule has 0 spiro atoms. The third-order valence-corrected chi connectivity index (χ3v) is 6.19. The molecule has 0 unspecified atom stereocenters. The number of methoxy groups -OCH3 is 2. The van der Waals surface area contributed by atoms with Gasteiger partial charge in [0.2, 0.25) is 6.79 Å². The predicted octanol–water partition coefficient (Wildman–Crippen LogP) is 3.82. The zero-order valence-corrected chi connectivity index (χ0v) is 19.1. The summed E-state index contributed by atoms with van der Waals surface area (Å²) in [5, 5.41) is 1.04. The highest BCUT2D eigenvalue weighted by Gasteiger charge is 2.37. The molecule has 3 heterocycles. The van der Waals surface area contributed by atoms with Crippen molar-refractivity contribution in [2.75, 3.05) is 27.6 Å². The lowest BCUT2D eigenvalue weighted by Gasteiger charge is -2.17. The SMILES string of the molecule is COC(=O)C1=C(C)N(CCc2c[nH]c3ccc(OC)cc23)C(=O)/C1=C\c1ccc2c(c1)OCO2. The summed E-state index contributed by atoms with van der Waals surface area (Å²) >= 11 is 0. The highest BCUT2D eigenvalue weighted by molar-refractivity contribution is 6.16. The summed E-state index contributed by atoms with van der Waals surface area (Å²) in [6.45, 7) is 2.34. The molecule has 0 aliphatic carbocycles. The van der Waals surface area contributed by atoms with E-state index in [9.17, 15) is 9.59 Å². The summed E-state index contributed by atoms with van der Waals surface area (Å²) in [6, 6.07) is 11.2. The number of aromatic amines is 1. The summed E-state index contributed by atoms with van der Waals surface area (Å²) in [5.41, 5.74) is 3.92. The predicted molar refractivity (Wildman–Crippen MR) is 126 cm³/mol. The van der Waals surface area contributed by atoms with Crippen molar-refractivity contribution in [3.8, 4) is 17.2 Å². The molecule has 2 aromatic carbocycles. The average molecular weight is 460 g/mol. The summed E-state index contributed by atoms with van der Waals surface area (Å²) in [7, 11) is 2.94. The maximum atomic E-state index is 13.4. The van der Waals surface area contributed by atoms with Gasteiger partial charge < -0.3 is 28.8 Å². The van der Waals surface area contributed by atoms with E-state index in [1.54, 1.807) is 37.1 Å². The minimum Gasteiger partial charge on any atom is -0.497 e. The van der Waals surface area contributed by atoms with Crippen LogP contribution < -0.4 is 14.2 Å². The number of hydrogen-bond acceptors (Lipinski definition) is 6. The van der Waals surface area contributed by atoms with E-state index in [2.05, 4.69) is 4.98 Å². The van der Waals surface area contributed by atoms with E-state index in [0.717, 1.165) is 27.8 Å². The Kier molecular flexibility index (Phi) is 5.49. The largest absolute Gasteiger partial charge is 0.497 e. The number of fused-ring (bicyclic) bond motifs is 2. The van der Waals surface area contributed by atoms with Crippen molar-refractivity contribution in [1.29, 1.82) is 0 Å². The summed E-state index contributed by atoms with van der Waals surface area (Å²) in [6.07, 6.45) is 4.23. The number of H-pyrrole nitrogens is 1. The van der Waals surface area contributed by atoms with Crippen LogP contribution in [-0.4, -0.2) is 49.3 Å². The molecule has 8 nitrogen and oxygen atoms in total. The number of amides is 1. The van der Waals surface area contributed by atoms with Gasteiger partial charge in [0.05, 0.1) is 25.4 Å². The smallest absolute Gasteiger partial charge is 0.340 e. The number of nitrogens with one attached hydrogen (secondary N) is 1. The Balaban J connectivity index is 1.45. The van der Waals surface area contributed by atoms with Gasteiger partial charge in [0.15, 0.2) is 11.5 Å². The number of benzene rings is 2. The van der Waals surface area contributed by atoms with E-state index < -0.39 is 5.97 Å². The molecular weight excluding hydrogens is 436 g/mol. The van der Waals surface area contributed by atoms with Crippen LogP contribution in [0.4, 0.5) is 0 Å². The van der Waals surface area contributed by atoms with Crippen molar-refractivity contribution in [2.24, 2.45) is 0 Å². The van der Waals surface area contributed by atoms with E-state index in [1.807, 2.05) is 30.5 Å². The number of rotatable bonds is 6. The van der Waals surface area contributed by atoms with Gasteiger partial charge in [-0.2, -0.15) is 0 Å². The Morgan fingerprint density at radius 3 is 2.76 bits per heavy atom. The third kappa shape index (κ3) is 3.67. The number of carbonyl (C=O) groups is 2. The quantitative estimate of drug-likeness (QED) is 0.444. The van der Waals surface area contributed by atoms with Crippen LogP contribution in [0.2, 0.25) is 0 Å². The monoisotopic (exact) mass is 460 g/mol. The summed E-state index contributed by atoms with van der Waals surface area (Å²) in [5.74, 6) is 1.23. The van der Waals surface area contributed by atoms with Crippen molar-refractivity contribution in [2.45, 2.75) is 13.3 Å². The maximum absolute atomic E-state index is 13.4. The molecule has 1 amide bonds. The number of nitrogens with zero attached hydrogens (tertiary/aromatic N) is 1. The van der Waals surface area contributed by atoms with Gasteiger partial charge in [0, 0.05) is 29.3 Å². The topological polar surface area (TPSA) is 90.1 Å². The molecule has 8 heteroatoms. The Morgan fingerprint density at radius 2 is 1.97 bits per heavy atom. The highest BCUT2D eigenvalue weighted by atomic mass is 16.7. The molecule has 1 aromatic heterocycles. The highest BCUT2D eigenvalue weighted by Crippen LogP contribution is 2.36. The summed E-state index contributed by atoms with van der Waals surface area (Å²) in [4.78, 5) is 30.9. The maximum Gasteiger partial charge on any atom is 0.340 e. The Bertz CT molecular complexity index is 1370. The molecule has 0 bridgehead atoms. The van der Waals surface area contributed by atoms with Crippen molar-refractivity contribution >= 4 is 28.9 Å². The number of aromatic nitrogens is 1. The molecule has 0 radical (unpaired) electrons. The summed E-state index contributed by atoms with van der Waals surface area (Å²) < 4.78 is 21.1. The van der Waals surface area contributed by atoms with E-state index >= 15 is 0 Å². The Labute approximate surface area is 196 Å². The van der Waals surface area contributed by atoms with Crippen LogP contribution in [0, 0.1) is 0 Å². The molecule has 0 saturated carbocycles. The first-order valence-electron chi connectivity index (χ1n) is 10.9. The number of esters is 1. The van der Waals surface area contributed by atoms with Crippen LogP contribution >= 0.6 is 0 Å². The molecular formula is C26H24N2O6. The molecule has 2 aliphatic rings. The zero-order valence-electron chi connectivity index (χ0n) is 19.1. The van der Waals surface area contributed by atoms with Gasteiger partial charge in [-0.25, -0.2) is 4.79 Å². The lowest BCUT2D eigenvalue weighted by molar-refractivity contribution is -0.136. The average Bonchev–Trinajstić information content (AvgIpc) is 3.54. The first-order chi connectivity index (χ1) is 16.5. The fourth-order valence-corrected chi connectivity index (χ4v) is 4.39. The van der Waals surface area contributed by atoms with Crippen LogP contribution in [0.25, 0.3) is 17.0 Å². The van der Waals surface area contributed by atoms with Gasteiger partial charge in [0.1, 0.15) is 5.75 Å². The molecule has 1 N–H and O–H groups in total. The lowest BCUT2D eigenvalue weighted by Crippen LogP contribution is -2.27. The molecule has 34 heavy (non-hydrogen) atoms. The van der Waals surface area contributed by atoms with Gasteiger partial charge in [-0.05, 0) is 60.9 Å². The number of ether oxygens (including phenoxy) is 4. The molecule has 0 saturated heterocycles. The van der Waals surface area contributed by atoms with Gasteiger partial charge in [0.25, 0.3) is 5.91 Å². The molecule has 0 atom stereocenters. The van der Waals surface area contributed by atoms with E-state index in [-0.39, 0.29) is 18.3 Å². The van der Waals surface area contributed by atoms with Crippen molar-refractivity contribution < 1.29 is 28.5 Å². The van der Waals surface area contributed by atoms with Gasteiger partial charge in [-0.1, -0.05) is 6.07 Å². The van der Waals surface area contributed by atoms with Gasteiger partial charge in [-0.3, -0.25) is 4.79 Å². The second-order valence-corrected chi connectivity index (χ2v) is 8.05. The number of hydrogen-bond donors (Lipinski definition) is 1. The molecule has 174 valence electrons. The second-order valence-electron chi connectivity index (χ2n) is 8.05. The van der Waals surface area contributed by atoms with E-state index in [1.165, 1.54) is 7.11 Å². The van der Waals surface area contributed by atoms with Crippen LogP contribution in [0.1, 0.15) is 18.1 Å². The van der Waals surface area contributed by atoms with Crippen LogP contribution in [-0.2, 0) is 20.7 Å². The second kappa shape index (κ2) is 8.62. The van der Waals surface area contributed by atoms with Crippen LogP contribution in [0.15, 0.2) is 59.4 Å². The fraction of sp³-hybridized carbons (Fsp3) is 0.231. The Morgan fingerprint density at radius 1 is 1.15 bits per heavy atom. The Hall–Kier alpha value is -4.20. The first-order valence-corrected chi connectivity index (χ1v) is 10.9. The first kappa shape index (κ1) is 21.6. The van der Waals surface area contributed by atoms with Crippen LogP contribution in [0.3, 0.4) is 0 Å². The third-order valence-electron chi connectivity index (χ3n) is 6.19. The van der Waals surface area contributed by atoms with E-state index in [0.29, 0.717) is 35.7 Å². The zero-order chi connectivity index (χ0) is 23.8. The molecule has 0 fully saturated rings. The minimum absolute atomic E-state index is 0.161. The number of carbonyl (C=O) groups excluding carboxylic acids is 2. The van der Waals surface area contributed by atoms with Gasteiger partial charge in [-0.15, -0.1) is 0 Å². The lowest BCUT2D eigenvalue weighted by atomic mass is 10.0. The van der Waals surface area contributed by atoms with Crippen molar-refractivity contribution in [3.05, 3.63) is 70.6 Å². The van der Waals surface area contributed by atoms with Crippen molar-refractivity contribution in [3.63, 3.8) is 0 Å². The molecule has 3 aromatic rings. The molecule has 5 rings (SSSR count). The normalized spacial score (nSPS) is 16.1.